The minimum absolute atomic E-state index is 0. The van der Waals surface area contributed by atoms with Crippen molar-refractivity contribution < 1.29 is 32.3 Å². The van der Waals surface area contributed by atoms with Gasteiger partial charge in [-0.05, 0) is 0 Å². The molecule has 0 radical (unpaired) electrons. The minimum atomic E-state index is -0.707. The molecule has 0 aliphatic heterocycles. The summed E-state index contributed by atoms with van der Waals surface area (Å²) in [5, 5.41) is 0. The van der Waals surface area contributed by atoms with Crippen LogP contribution in [0.3, 0.4) is 0 Å². The first-order valence-corrected chi connectivity index (χ1v) is 11.5. The molecule has 0 N–H and O–H groups in total. The largest absolute Gasteiger partial charge is 1.00 e. The fourth-order valence-electron chi connectivity index (χ4n) is 2.75. The topological polar surface area (TPSA) is 0 Å². The summed E-state index contributed by atoms with van der Waals surface area (Å²) in [5.74, 6) is 0. The Bertz CT molecular complexity index is 390. The molecule has 21 heavy (non-hydrogen) atoms. The van der Waals surface area contributed by atoms with E-state index >= 15 is 0 Å². The summed E-state index contributed by atoms with van der Waals surface area (Å²) in [4.78, 5) is 0. The summed E-state index contributed by atoms with van der Waals surface area (Å²) in [7, 11) is 0. The van der Waals surface area contributed by atoms with Gasteiger partial charge in [0.1, 0.15) is 0 Å². The van der Waals surface area contributed by atoms with Crippen molar-refractivity contribution in [3.8, 4) is 0 Å². The van der Waals surface area contributed by atoms with Gasteiger partial charge in [0.25, 0.3) is 0 Å². The van der Waals surface area contributed by atoms with Crippen LogP contribution in [-0.2, 0) is 22.9 Å². The first-order chi connectivity index (χ1) is 9.35. The number of allylic oxidation sites excluding steroid dienone is 8. The van der Waals surface area contributed by atoms with Crippen LogP contribution in [0.1, 0.15) is 65.2 Å². The summed E-state index contributed by atoms with van der Waals surface area (Å²) in [6.45, 7) is 4.60. The van der Waals surface area contributed by atoms with Crippen molar-refractivity contribution in [3.05, 3.63) is 42.1 Å². The Kier molecular flexibility index (Phi) is 11.1. The van der Waals surface area contributed by atoms with E-state index in [4.69, 9.17) is 0 Å². The smallest absolute Gasteiger partial charge is 1.00 e. The third-order valence-electron chi connectivity index (χ3n) is 3.96. The number of hydrogen-bond acceptors (Lipinski definition) is 0. The Morgan fingerprint density at radius 3 is 1.62 bits per heavy atom. The van der Waals surface area contributed by atoms with Gasteiger partial charge in [0.15, 0.2) is 0 Å². The maximum Gasteiger partial charge on any atom is -1.00 e. The molecule has 0 aromatic heterocycles. The van der Waals surface area contributed by atoms with E-state index in [0.717, 1.165) is 0 Å². The van der Waals surface area contributed by atoms with Gasteiger partial charge in [-0.25, -0.2) is 0 Å². The fraction of sp³-hybridized carbons (Fsp3) is 0.556. The predicted octanol–water partition coefficient (Wildman–Crippen LogP) is -0.115. The van der Waals surface area contributed by atoms with Crippen molar-refractivity contribution in [1.29, 1.82) is 0 Å². The van der Waals surface area contributed by atoms with Crippen LogP contribution in [0.25, 0.3) is 0 Å². The normalized spacial score (nSPS) is 16.1. The van der Waals surface area contributed by atoms with E-state index in [1.807, 2.05) is 6.66 Å². The first kappa shape index (κ1) is 20.7. The molecule has 0 nitrogen and oxygen atoms in total. The molecule has 3 heteroatoms. The van der Waals surface area contributed by atoms with E-state index in [1.54, 1.807) is 11.1 Å². The zero-order chi connectivity index (χ0) is 13.5. The summed E-state index contributed by atoms with van der Waals surface area (Å²) >= 11 is -0.707. The van der Waals surface area contributed by atoms with Gasteiger partial charge in [0, 0.05) is 0 Å². The molecule has 0 bridgehead atoms. The van der Waals surface area contributed by atoms with Gasteiger partial charge in [-0.2, -0.15) is 0 Å². The summed E-state index contributed by atoms with van der Waals surface area (Å²) in [5.41, 5.74) is 3.44. The van der Waals surface area contributed by atoms with Gasteiger partial charge in [0.2, 0.25) is 0 Å². The van der Waals surface area contributed by atoms with Gasteiger partial charge < -0.3 is 9.41 Å². The van der Waals surface area contributed by atoms with Gasteiger partial charge in [-0.1, -0.05) is 0 Å². The van der Waals surface area contributed by atoms with E-state index in [0.29, 0.717) is 0 Å². The number of halogens is 2. The Labute approximate surface area is 139 Å². The van der Waals surface area contributed by atoms with Crippen molar-refractivity contribution in [2.24, 2.45) is 0 Å². The van der Waals surface area contributed by atoms with Crippen LogP contribution in [0, 0.1) is 0 Å². The van der Waals surface area contributed by atoms with E-state index in [1.165, 1.54) is 51.4 Å². The Morgan fingerprint density at radius 1 is 0.810 bits per heavy atom. The van der Waals surface area contributed by atoms with Crippen molar-refractivity contribution in [2.75, 3.05) is 0 Å². The Balaban J connectivity index is 0.00000200. The van der Waals surface area contributed by atoms with Crippen LogP contribution in [0.4, 0.5) is 0 Å². The van der Waals surface area contributed by atoms with E-state index in [9.17, 15) is 0 Å². The SMILES string of the molecule is CCCCC1=[C]([Hf+2][C]2=C(CCCC)C=CC2)CC=C1.[F-].[F-]. The van der Waals surface area contributed by atoms with Crippen molar-refractivity contribution in [3.63, 3.8) is 0 Å². The van der Waals surface area contributed by atoms with Crippen molar-refractivity contribution >= 4 is 0 Å². The molecular formula is C18H26F2Hf. The quantitative estimate of drug-likeness (QED) is 0.445. The standard InChI is InChI=1S/2C9H13.2FH.Hf/c2*1-2-3-6-9-7-4-5-8-9;;;/h2*4,7H,2-3,5-6H2,1H3;2*1H;/q;;;;+2/p-2. The molecule has 0 atom stereocenters. The van der Waals surface area contributed by atoms with Crippen LogP contribution in [0.15, 0.2) is 42.1 Å². The van der Waals surface area contributed by atoms with Crippen LogP contribution in [0.2, 0.25) is 0 Å². The van der Waals surface area contributed by atoms with Gasteiger partial charge in [-0.15, -0.1) is 0 Å². The molecule has 2 aliphatic rings. The maximum absolute atomic E-state index is 2.42. The van der Waals surface area contributed by atoms with Crippen LogP contribution in [-0.4, -0.2) is 0 Å². The number of rotatable bonds is 8. The molecule has 0 saturated carbocycles. The molecule has 0 aromatic carbocycles. The monoisotopic (exact) mass is 460 g/mol. The first-order valence-electron chi connectivity index (χ1n) is 7.89. The van der Waals surface area contributed by atoms with Crippen LogP contribution >= 0.6 is 0 Å². The second-order valence-electron chi connectivity index (χ2n) is 5.55. The third-order valence-corrected chi connectivity index (χ3v) is 9.90. The molecule has 116 valence electrons. The molecule has 0 amide bonds. The minimum Gasteiger partial charge on any atom is -1.00 e. The molecule has 0 saturated heterocycles. The second kappa shape index (κ2) is 11.3. The van der Waals surface area contributed by atoms with Crippen LogP contribution in [0.5, 0.6) is 0 Å². The number of hydrogen-bond donors (Lipinski definition) is 0. The van der Waals surface area contributed by atoms with Gasteiger partial charge in [0.05, 0.1) is 0 Å². The Hall–Kier alpha value is -0.310. The molecular weight excluding hydrogens is 433 g/mol. The van der Waals surface area contributed by atoms with Gasteiger partial charge in [-0.3, -0.25) is 0 Å². The molecule has 0 heterocycles. The summed E-state index contributed by atoms with van der Waals surface area (Å²) in [6.07, 6.45) is 20.3. The predicted molar refractivity (Wildman–Crippen MR) is 80.6 cm³/mol. The molecule has 0 spiro atoms. The summed E-state index contributed by atoms with van der Waals surface area (Å²) < 4.78 is 3.78. The Morgan fingerprint density at radius 2 is 1.24 bits per heavy atom. The molecule has 2 rings (SSSR count). The average molecular weight is 459 g/mol. The van der Waals surface area contributed by atoms with Crippen molar-refractivity contribution in [2.45, 2.75) is 65.2 Å². The van der Waals surface area contributed by atoms with E-state index in [2.05, 4.69) is 38.2 Å². The summed E-state index contributed by atoms with van der Waals surface area (Å²) in [6, 6.07) is 0. The van der Waals surface area contributed by atoms with Gasteiger partial charge >= 0.3 is 130 Å². The third kappa shape index (κ3) is 6.14. The molecule has 0 aromatic rings. The second-order valence-corrected chi connectivity index (χ2v) is 10.8. The zero-order valence-corrected chi connectivity index (χ0v) is 16.8. The molecule has 2 aliphatic carbocycles. The molecule has 0 unspecified atom stereocenters. The molecule has 0 fully saturated rings. The zero-order valence-electron chi connectivity index (χ0n) is 13.2. The van der Waals surface area contributed by atoms with Crippen LogP contribution < -0.4 is 9.41 Å². The van der Waals surface area contributed by atoms with E-state index < -0.39 is 22.9 Å². The average Bonchev–Trinajstić information content (AvgIpc) is 3.04. The van der Waals surface area contributed by atoms with E-state index in [-0.39, 0.29) is 9.41 Å². The number of unbranched alkanes of at least 4 members (excludes halogenated alkanes) is 2. The maximum atomic E-state index is 2.42. The fourth-order valence-corrected chi connectivity index (χ4v) is 8.29. The van der Waals surface area contributed by atoms with Crippen molar-refractivity contribution in [1.82, 2.24) is 0 Å².